The molecule has 1 unspecified atom stereocenters. The molecule has 6 nitrogen and oxygen atoms in total. The van der Waals surface area contributed by atoms with Gasteiger partial charge in [-0.1, -0.05) is 30.3 Å². The first-order chi connectivity index (χ1) is 13.0. The average molecular weight is 382 g/mol. The zero-order valence-electron chi connectivity index (χ0n) is 14.5. The predicted molar refractivity (Wildman–Crippen MR) is 108 cm³/mol. The molecule has 3 aromatic rings. The van der Waals surface area contributed by atoms with Gasteiger partial charge in [0.15, 0.2) is 11.3 Å². The Morgan fingerprint density at radius 1 is 1.07 bits per heavy atom. The van der Waals surface area contributed by atoms with Crippen LogP contribution in [-0.4, -0.2) is 28.4 Å². The van der Waals surface area contributed by atoms with E-state index in [0.29, 0.717) is 17.0 Å². The topological polar surface area (TPSA) is 90.8 Å². The molecule has 1 atom stereocenters. The van der Waals surface area contributed by atoms with Gasteiger partial charge < -0.3 is 25.6 Å². The first-order valence-corrected chi connectivity index (χ1v) is 8.54. The zero-order chi connectivity index (χ0) is 19.4. The summed E-state index contributed by atoms with van der Waals surface area (Å²) in [5.41, 5.74) is 1.18. The first kappa shape index (κ1) is 18.6. The van der Waals surface area contributed by atoms with Crippen LogP contribution in [0.25, 0.3) is 10.8 Å². The number of rotatable bonds is 5. The fourth-order valence-corrected chi connectivity index (χ4v) is 2.96. The fourth-order valence-electron chi connectivity index (χ4n) is 2.73. The van der Waals surface area contributed by atoms with Gasteiger partial charge >= 0.3 is 5.97 Å². The van der Waals surface area contributed by atoms with Crippen LogP contribution in [0.15, 0.2) is 60.7 Å². The van der Waals surface area contributed by atoms with Crippen molar-refractivity contribution in [1.82, 2.24) is 5.32 Å². The summed E-state index contributed by atoms with van der Waals surface area (Å²) in [6.07, 6.45) is -1.10. The largest absolute Gasteiger partial charge is 0.496 e. The number of carboxylic acid groups (broad SMARTS) is 1. The maximum absolute atomic E-state index is 11.0. The molecule has 27 heavy (non-hydrogen) atoms. The lowest BCUT2D eigenvalue weighted by Gasteiger charge is -2.19. The Hall–Kier alpha value is -3.16. The van der Waals surface area contributed by atoms with Gasteiger partial charge in [-0.3, -0.25) is 0 Å². The maximum Gasteiger partial charge on any atom is 0.335 e. The van der Waals surface area contributed by atoms with Gasteiger partial charge in [0, 0.05) is 11.3 Å². The van der Waals surface area contributed by atoms with Gasteiger partial charge in [-0.2, -0.15) is 0 Å². The van der Waals surface area contributed by atoms with Gasteiger partial charge in [0.25, 0.3) is 0 Å². The Labute approximate surface area is 161 Å². The highest BCUT2D eigenvalue weighted by molar-refractivity contribution is 7.80. The third-order valence-electron chi connectivity index (χ3n) is 4.03. The van der Waals surface area contributed by atoms with E-state index < -0.39 is 12.2 Å². The van der Waals surface area contributed by atoms with Crippen LogP contribution in [-0.2, 0) is 0 Å². The molecule has 7 heteroatoms. The van der Waals surface area contributed by atoms with Crippen molar-refractivity contribution in [2.75, 3.05) is 12.4 Å². The molecule has 0 spiro atoms. The van der Waals surface area contributed by atoms with Crippen LogP contribution in [0.3, 0.4) is 0 Å². The van der Waals surface area contributed by atoms with E-state index in [9.17, 15) is 9.90 Å². The number of hydrogen-bond acceptors (Lipinski definition) is 4. The predicted octanol–water partition coefficient (Wildman–Crippen LogP) is 3.52. The molecule has 0 aromatic heterocycles. The summed E-state index contributed by atoms with van der Waals surface area (Å²) < 4.78 is 5.39. The number of aliphatic hydroxyl groups excluding tert-OH is 1. The third-order valence-corrected chi connectivity index (χ3v) is 4.25. The molecule has 0 bridgehead atoms. The molecule has 0 fully saturated rings. The van der Waals surface area contributed by atoms with Crippen LogP contribution in [0, 0.1) is 0 Å². The summed E-state index contributed by atoms with van der Waals surface area (Å²) in [6, 6.07) is 17.7. The molecule has 0 saturated carbocycles. The number of aliphatic hydroxyl groups is 1. The number of thiocarbonyl (C=S) groups is 1. The molecule has 0 aliphatic rings. The molecular formula is C20H18N2O4S. The SMILES string of the molecule is COc1cc2ccccc2cc1C(O)NC(=S)Nc1cccc(C(=O)O)c1. The van der Waals surface area contributed by atoms with Gasteiger partial charge in [0.1, 0.15) is 5.75 Å². The highest BCUT2D eigenvalue weighted by Crippen LogP contribution is 2.29. The molecule has 0 radical (unpaired) electrons. The Kier molecular flexibility index (Phi) is 5.54. The minimum absolute atomic E-state index is 0.138. The van der Waals surface area contributed by atoms with E-state index in [-0.39, 0.29) is 10.7 Å². The number of carbonyl (C=O) groups is 1. The lowest BCUT2D eigenvalue weighted by atomic mass is 10.0. The Morgan fingerprint density at radius 3 is 2.44 bits per heavy atom. The van der Waals surface area contributed by atoms with Crippen molar-refractivity contribution in [3.63, 3.8) is 0 Å². The quantitative estimate of drug-likeness (QED) is 0.396. The normalized spacial score (nSPS) is 11.6. The van der Waals surface area contributed by atoms with Crippen molar-refractivity contribution >= 4 is 39.8 Å². The first-order valence-electron chi connectivity index (χ1n) is 8.13. The summed E-state index contributed by atoms with van der Waals surface area (Å²) in [7, 11) is 1.54. The van der Waals surface area contributed by atoms with Gasteiger partial charge in [0.05, 0.1) is 12.7 Å². The van der Waals surface area contributed by atoms with E-state index in [0.717, 1.165) is 10.8 Å². The van der Waals surface area contributed by atoms with Crippen LogP contribution >= 0.6 is 12.2 Å². The Bertz CT molecular complexity index is 1010. The summed E-state index contributed by atoms with van der Waals surface area (Å²) >= 11 is 5.23. The van der Waals surface area contributed by atoms with Gasteiger partial charge in [-0.25, -0.2) is 4.79 Å². The molecule has 3 aromatic carbocycles. The van der Waals surface area contributed by atoms with E-state index >= 15 is 0 Å². The highest BCUT2D eigenvalue weighted by atomic mass is 32.1. The molecule has 0 saturated heterocycles. The zero-order valence-corrected chi connectivity index (χ0v) is 15.3. The number of anilines is 1. The van der Waals surface area contributed by atoms with Crippen LogP contribution in [0.4, 0.5) is 5.69 Å². The standard InChI is InChI=1S/C20H18N2O4S/c1-26-17-11-13-6-3-2-5-12(13)10-16(17)18(23)22-20(27)21-15-8-4-7-14(9-15)19(24)25/h2-11,18,23H,1H3,(H,24,25)(H2,21,22,27). The number of benzene rings is 3. The van der Waals surface area contributed by atoms with E-state index in [1.807, 2.05) is 36.4 Å². The summed E-state index contributed by atoms with van der Waals surface area (Å²) in [5.74, 6) is -0.497. The number of hydrogen-bond donors (Lipinski definition) is 4. The minimum atomic E-state index is -1.10. The van der Waals surface area contributed by atoms with E-state index in [1.165, 1.54) is 19.2 Å². The fraction of sp³-hybridized carbons (Fsp3) is 0.100. The van der Waals surface area contributed by atoms with Crippen molar-refractivity contribution in [2.45, 2.75) is 6.23 Å². The van der Waals surface area contributed by atoms with Crippen LogP contribution < -0.4 is 15.4 Å². The highest BCUT2D eigenvalue weighted by Gasteiger charge is 2.16. The van der Waals surface area contributed by atoms with Crippen LogP contribution in [0.2, 0.25) is 0 Å². The maximum atomic E-state index is 11.0. The second-order valence-electron chi connectivity index (χ2n) is 5.83. The van der Waals surface area contributed by atoms with Crippen molar-refractivity contribution in [2.24, 2.45) is 0 Å². The number of nitrogens with one attached hydrogen (secondary N) is 2. The summed E-state index contributed by atoms with van der Waals surface area (Å²) in [4.78, 5) is 11.0. The third kappa shape index (κ3) is 4.33. The van der Waals surface area contributed by atoms with E-state index in [2.05, 4.69) is 10.6 Å². The average Bonchev–Trinajstić information content (AvgIpc) is 2.66. The number of aromatic carboxylic acids is 1. The molecule has 0 aliphatic heterocycles. The molecular weight excluding hydrogens is 364 g/mol. The lowest BCUT2D eigenvalue weighted by Crippen LogP contribution is -2.32. The summed E-state index contributed by atoms with van der Waals surface area (Å²) in [6.45, 7) is 0. The monoisotopic (exact) mass is 382 g/mol. The summed E-state index contributed by atoms with van der Waals surface area (Å²) in [5, 5.41) is 27.4. The number of methoxy groups -OCH3 is 1. The second-order valence-corrected chi connectivity index (χ2v) is 6.24. The van der Waals surface area contributed by atoms with Crippen LogP contribution in [0.1, 0.15) is 22.1 Å². The van der Waals surface area contributed by atoms with Crippen molar-refractivity contribution < 1.29 is 19.7 Å². The van der Waals surface area contributed by atoms with Gasteiger partial charge in [0.2, 0.25) is 0 Å². The molecule has 138 valence electrons. The van der Waals surface area contributed by atoms with E-state index in [1.54, 1.807) is 12.1 Å². The van der Waals surface area contributed by atoms with Crippen LogP contribution in [0.5, 0.6) is 5.75 Å². The molecule has 4 N–H and O–H groups in total. The number of fused-ring (bicyclic) bond motifs is 1. The van der Waals surface area contributed by atoms with Crippen molar-refractivity contribution in [1.29, 1.82) is 0 Å². The Morgan fingerprint density at radius 2 is 1.78 bits per heavy atom. The van der Waals surface area contributed by atoms with Gasteiger partial charge in [-0.05, 0) is 53.3 Å². The minimum Gasteiger partial charge on any atom is -0.496 e. The lowest BCUT2D eigenvalue weighted by molar-refractivity contribution is 0.0697. The van der Waals surface area contributed by atoms with Gasteiger partial charge in [-0.15, -0.1) is 0 Å². The molecule has 3 rings (SSSR count). The Balaban J connectivity index is 1.77. The van der Waals surface area contributed by atoms with E-state index in [4.69, 9.17) is 22.1 Å². The number of ether oxygens (including phenoxy) is 1. The smallest absolute Gasteiger partial charge is 0.335 e. The second kappa shape index (κ2) is 8.03. The molecule has 0 aliphatic carbocycles. The number of carboxylic acids is 1. The molecule has 0 amide bonds. The molecule has 0 heterocycles. The van der Waals surface area contributed by atoms with Crippen molar-refractivity contribution in [3.8, 4) is 5.75 Å². The van der Waals surface area contributed by atoms with Crippen molar-refractivity contribution in [3.05, 3.63) is 71.8 Å².